The van der Waals surface area contributed by atoms with Gasteiger partial charge in [-0.2, -0.15) is 0 Å². The Morgan fingerprint density at radius 1 is 1.14 bits per heavy atom. The fraction of sp³-hybridized carbons (Fsp3) is 0.235. The van der Waals surface area contributed by atoms with Crippen molar-refractivity contribution in [3.05, 3.63) is 53.6 Å². The number of likely N-dealkylation sites (N-methyl/N-ethyl adjacent to an activating group) is 1. The first kappa shape index (κ1) is 13.6. The summed E-state index contributed by atoms with van der Waals surface area (Å²) in [6, 6.07) is 13.4. The Hall–Kier alpha value is -2.33. The molecule has 4 nitrogen and oxygen atoms in total. The van der Waals surface area contributed by atoms with Crippen LogP contribution in [-0.2, 0) is 11.2 Å². The molecule has 2 N–H and O–H groups in total. The molecule has 0 aliphatic carbocycles. The summed E-state index contributed by atoms with van der Waals surface area (Å²) in [4.78, 5) is 11.8. The highest BCUT2D eigenvalue weighted by molar-refractivity contribution is 6.02. The van der Waals surface area contributed by atoms with Crippen LogP contribution in [0, 0.1) is 0 Å². The van der Waals surface area contributed by atoms with E-state index in [1.54, 1.807) is 7.05 Å². The van der Waals surface area contributed by atoms with Crippen molar-refractivity contribution in [2.24, 2.45) is 0 Å². The summed E-state index contributed by atoms with van der Waals surface area (Å²) in [6.07, 6.45) is 1.01. The van der Waals surface area contributed by atoms with Crippen LogP contribution in [0.3, 0.4) is 0 Å². The average molecular weight is 282 g/mol. The normalized spacial score (nSPS) is 16.5. The fourth-order valence-electron chi connectivity index (χ4n) is 2.52. The predicted octanol–water partition coefficient (Wildman–Crippen LogP) is 3.25. The van der Waals surface area contributed by atoms with E-state index in [4.69, 9.17) is 4.74 Å². The molecule has 0 aromatic heterocycles. The van der Waals surface area contributed by atoms with Crippen molar-refractivity contribution in [3.8, 4) is 11.5 Å². The number of ether oxygens (including phenoxy) is 1. The predicted molar refractivity (Wildman–Crippen MR) is 82.8 cm³/mol. The van der Waals surface area contributed by atoms with Gasteiger partial charge in [0.25, 0.3) is 0 Å². The van der Waals surface area contributed by atoms with E-state index in [-0.39, 0.29) is 11.9 Å². The molecule has 1 atom stereocenters. The van der Waals surface area contributed by atoms with E-state index in [1.165, 1.54) is 5.56 Å². The Labute approximate surface area is 124 Å². The van der Waals surface area contributed by atoms with Gasteiger partial charge >= 0.3 is 0 Å². The highest BCUT2D eigenvalue weighted by Crippen LogP contribution is 2.34. The third-order valence-corrected chi connectivity index (χ3v) is 3.71. The number of aryl methyl sites for hydroxylation is 1. The van der Waals surface area contributed by atoms with Crippen molar-refractivity contribution in [1.29, 1.82) is 0 Å². The lowest BCUT2D eigenvalue weighted by Crippen LogP contribution is -2.23. The molecule has 0 saturated carbocycles. The van der Waals surface area contributed by atoms with E-state index in [0.717, 1.165) is 29.2 Å². The van der Waals surface area contributed by atoms with Crippen LogP contribution in [0.5, 0.6) is 11.5 Å². The first-order chi connectivity index (χ1) is 10.2. The van der Waals surface area contributed by atoms with Gasteiger partial charge in [0.05, 0.1) is 0 Å². The molecule has 0 radical (unpaired) electrons. The molecule has 108 valence electrons. The van der Waals surface area contributed by atoms with Gasteiger partial charge in [-0.25, -0.2) is 0 Å². The minimum atomic E-state index is -0.280. The fourth-order valence-corrected chi connectivity index (χ4v) is 2.52. The minimum Gasteiger partial charge on any atom is -0.457 e. The third-order valence-electron chi connectivity index (χ3n) is 3.71. The molecule has 2 aromatic carbocycles. The molecule has 1 amide bonds. The van der Waals surface area contributed by atoms with Gasteiger partial charge in [-0.3, -0.25) is 4.79 Å². The molecule has 3 rings (SSSR count). The van der Waals surface area contributed by atoms with Gasteiger partial charge in [-0.05, 0) is 37.2 Å². The third kappa shape index (κ3) is 2.62. The Morgan fingerprint density at radius 3 is 2.52 bits per heavy atom. The summed E-state index contributed by atoms with van der Waals surface area (Å²) in [5.74, 6) is 1.48. The number of amides is 1. The summed E-state index contributed by atoms with van der Waals surface area (Å²) >= 11 is 0. The van der Waals surface area contributed by atoms with E-state index in [9.17, 15) is 4.79 Å². The van der Waals surface area contributed by atoms with Crippen molar-refractivity contribution in [2.75, 3.05) is 12.4 Å². The molecule has 1 aliphatic rings. The van der Waals surface area contributed by atoms with Gasteiger partial charge < -0.3 is 15.4 Å². The SMILES string of the molecule is CCc1ccc(Oc2ccc3c(c2)NC(=O)C3NC)cc1. The largest absolute Gasteiger partial charge is 0.457 e. The molecule has 0 fully saturated rings. The molecule has 0 bridgehead atoms. The standard InChI is InChI=1S/C17H18N2O2/c1-3-11-4-6-12(7-5-11)21-13-8-9-14-15(10-13)19-17(20)16(14)18-2/h4-10,16,18H,3H2,1-2H3,(H,19,20). The molecular formula is C17H18N2O2. The number of hydrogen-bond acceptors (Lipinski definition) is 3. The highest BCUT2D eigenvalue weighted by atomic mass is 16.5. The maximum absolute atomic E-state index is 11.8. The molecule has 21 heavy (non-hydrogen) atoms. The molecule has 1 heterocycles. The van der Waals surface area contributed by atoms with Crippen molar-refractivity contribution in [3.63, 3.8) is 0 Å². The zero-order valence-electron chi connectivity index (χ0n) is 12.1. The van der Waals surface area contributed by atoms with Gasteiger partial charge in [0, 0.05) is 17.3 Å². The van der Waals surface area contributed by atoms with Gasteiger partial charge in [0.15, 0.2) is 0 Å². The van der Waals surface area contributed by atoms with Crippen LogP contribution in [0.25, 0.3) is 0 Å². The molecule has 0 saturated heterocycles. The van der Waals surface area contributed by atoms with E-state index in [2.05, 4.69) is 29.7 Å². The quantitative estimate of drug-likeness (QED) is 0.905. The van der Waals surface area contributed by atoms with E-state index in [0.29, 0.717) is 0 Å². The first-order valence-electron chi connectivity index (χ1n) is 7.10. The van der Waals surface area contributed by atoms with Crippen LogP contribution in [0.2, 0.25) is 0 Å². The topological polar surface area (TPSA) is 50.4 Å². The molecule has 4 heteroatoms. The number of rotatable bonds is 4. The van der Waals surface area contributed by atoms with E-state index < -0.39 is 0 Å². The summed E-state index contributed by atoms with van der Waals surface area (Å²) in [7, 11) is 1.78. The lowest BCUT2D eigenvalue weighted by Gasteiger charge is -2.09. The molecule has 2 aromatic rings. The number of hydrogen-bond donors (Lipinski definition) is 2. The monoisotopic (exact) mass is 282 g/mol. The summed E-state index contributed by atoms with van der Waals surface area (Å²) in [5.41, 5.74) is 3.04. The second-order valence-corrected chi connectivity index (χ2v) is 5.06. The smallest absolute Gasteiger partial charge is 0.246 e. The summed E-state index contributed by atoms with van der Waals surface area (Å²) in [5, 5.41) is 5.86. The lowest BCUT2D eigenvalue weighted by atomic mass is 10.1. The summed E-state index contributed by atoms with van der Waals surface area (Å²) < 4.78 is 5.84. The maximum Gasteiger partial charge on any atom is 0.246 e. The number of anilines is 1. The Morgan fingerprint density at radius 2 is 1.86 bits per heavy atom. The average Bonchev–Trinajstić information content (AvgIpc) is 2.82. The number of nitrogens with one attached hydrogen (secondary N) is 2. The van der Waals surface area contributed by atoms with Crippen molar-refractivity contribution in [2.45, 2.75) is 19.4 Å². The van der Waals surface area contributed by atoms with Crippen molar-refractivity contribution < 1.29 is 9.53 Å². The van der Waals surface area contributed by atoms with Gasteiger partial charge in [0.1, 0.15) is 17.5 Å². The zero-order chi connectivity index (χ0) is 14.8. The Bertz CT molecular complexity index is 665. The number of fused-ring (bicyclic) bond motifs is 1. The van der Waals surface area contributed by atoms with Crippen molar-refractivity contribution >= 4 is 11.6 Å². The first-order valence-corrected chi connectivity index (χ1v) is 7.10. The molecule has 1 aliphatic heterocycles. The van der Waals surface area contributed by atoms with Gasteiger partial charge in [-0.1, -0.05) is 25.1 Å². The second kappa shape index (κ2) is 5.58. The van der Waals surface area contributed by atoms with Crippen LogP contribution in [0.4, 0.5) is 5.69 Å². The van der Waals surface area contributed by atoms with Gasteiger partial charge in [-0.15, -0.1) is 0 Å². The second-order valence-electron chi connectivity index (χ2n) is 5.06. The van der Waals surface area contributed by atoms with Gasteiger partial charge in [0.2, 0.25) is 5.91 Å². The Kier molecular flexibility index (Phi) is 3.62. The number of carbonyl (C=O) groups excluding carboxylic acids is 1. The molecular weight excluding hydrogens is 264 g/mol. The summed E-state index contributed by atoms with van der Waals surface area (Å²) in [6.45, 7) is 2.12. The van der Waals surface area contributed by atoms with Crippen LogP contribution in [0.1, 0.15) is 24.1 Å². The van der Waals surface area contributed by atoms with E-state index in [1.807, 2.05) is 30.3 Å². The lowest BCUT2D eigenvalue weighted by molar-refractivity contribution is -0.117. The maximum atomic E-state index is 11.8. The molecule has 1 unspecified atom stereocenters. The zero-order valence-corrected chi connectivity index (χ0v) is 12.1. The van der Waals surface area contributed by atoms with Crippen LogP contribution < -0.4 is 15.4 Å². The van der Waals surface area contributed by atoms with Crippen LogP contribution in [-0.4, -0.2) is 13.0 Å². The Balaban J connectivity index is 1.81. The minimum absolute atomic E-state index is 0.0306. The number of benzene rings is 2. The number of carbonyl (C=O) groups is 1. The van der Waals surface area contributed by atoms with E-state index >= 15 is 0 Å². The van der Waals surface area contributed by atoms with Crippen LogP contribution in [0.15, 0.2) is 42.5 Å². The molecule has 0 spiro atoms. The van der Waals surface area contributed by atoms with Crippen LogP contribution >= 0.6 is 0 Å². The highest BCUT2D eigenvalue weighted by Gasteiger charge is 2.29. The van der Waals surface area contributed by atoms with Crippen molar-refractivity contribution in [1.82, 2.24) is 5.32 Å².